The van der Waals surface area contributed by atoms with Gasteiger partial charge in [0.2, 0.25) is 0 Å². The van der Waals surface area contributed by atoms with Crippen molar-refractivity contribution in [3.05, 3.63) is 0 Å². The number of halogens is 3. The number of carbonyl (C=O) groups is 1. The molecule has 13 heavy (non-hydrogen) atoms. The average Bonchev–Trinajstić information content (AvgIpc) is 2.26. The van der Waals surface area contributed by atoms with Crippen LogP contribution < -0.4 is 0 Å². The summed E-state index contributed by atoms with van der Waals surface area (Å²) in [6.07, 6.45) is -5.46. The molecule has 0 aromatic carbocycles. The van der Waals surface area contributed by atoms with Crippen LogP contribution in [0, 0.1) is 0 Å². The first-order valence-electron chi connectivity index (χ1n) is 3.88. The van der Waals surface area contributed by atoms with Crippen LogP contribution in [0.3, 0.4) is 0 Å². The summed E-state index contributed by atoms with van der Waals surface area (Å²) in [6.45, 7) is 1.26. The molecule has 1 rings (SSSR count). The van der Waals surface area contributed by atoms with Crippen molar-refractivity contribution >= 4 is 5.91 Å². The minimum Gasteiger partial charge on any atom is -0.391 e. The van der Waals surface area contributed by atoms with Crippen LogP contribution in [0.25, 0.3) is 0 Å². The van der Waals surface area contributed by atoms with E-state index in [9.17, 15) is 18.0 Å². The van der Waals surface area contributed by atoms with Crippen LogP contribution in [-0.4, -0.2) is 40.8 Å². The van der Waals surface area contributed by atoms with E-state index in [1.165, 1.54) is 6.92 Å². The number of carbonyl (C=O) groups excluding carboxylic acids is 1. The van der Waals surface area contributed by atoms with Crippen molar-refractivity contribution in [3.8, 4) is 0 Å². The second kappa shape index (κ2) is 3.17. The molecule has 2 atom stereocenters. The monoisotopic (exact) mass is 197 g/mol. The summed E-state index contributed by atoms with van der Waals surface area (Å²) in [5.74, 6) is -1.86. The first-order valence-corrected chi connectivity index (χ1v) is 3.88. The maximum atomic E-state index is 11.9. The van der Waals surface area contributed by atoms with Gasteiger partial charge in [-0.15, -0.1) is 0 Å². The summed E-state index contributed by atoms with van der Waals surface area (Å²) in [5, 5.41) is 9.02. The molecule has 0 saturated carbocycles. The third-order valence-electron chi connectivity index (χ3n) is 2.06. The maximum Gasteiger partial charge on any atom is 0.471 e. The molecular weight excluding hydrogens is 187 g/mol. The Morgan fingerprint density at radius 2 is 2.08 bits per heavy atom. The molecule has 6 heteroatoms. The zero-order valence-corrected chi connectivity index (χ0v) is 7.01. The van der Waals surface area contributed by atoms with Gasteiger partial charge in [-0.25, -0.2) is 0 Å². The second-order valence-corrected chi connectivity index (χ2v) is 3.19. The van der Waals surface area contributed by atoms with Crippen LogP contribution >= 0.6 is 0 Å². The molecule has 0 bridgehead atoms. The molecule has 1 saturated heterocycles. The molecule has 1 amide bonds. The SMILES string of the molecule is CC1CC(O)CN1C(=O)C(F)(F)F. The summed E-state index contributed by atoms with van der Waals surface area (Å²) < 4.78 is 35.8. The summed E-state index contributed by atoms with van der Waals surface area (Å²) in [6, 6.07) is -0.538. The Balaban J connectivity index is 2.68. The third-order valence-corrected chi connectivity index (χ3v) is 2.06. The lowest BCUT2D eigenvalue weighted by atomic mass is 10.2. The number of hydrogen-bond acceptors (Lipinski definition) is 2. The highest BCUT2D eigenvalue weighted by Gasteiger charge is 2.46. The van der Waals surface area contributed by atoms with Gasteiger partial charge in [-0.05, 0) is 13.3 Å². The van der Waals surface area contributed by atoms with Gasteiger partial charge in [-0.1, -0.05) is 0 Å². The van der Waals surface area contributed by atoms with Crippen LogP contribution in [0.4, 0.5) is 13.2 Å². The number of aliphatic hydroxyl groups excluding tert-OH is 1. The Hall–Kier alpha value is -0.780. The van der Waals surface area contributed by atoms with Crippen molar-refractivity contribution in [3.63, 3.8) is 0 Å². The first-order chi connectivity index (χ1) is 5.82. The van der Waals surface area contributed by atoms with Crippen molar-refractivity contribution in [2.75, 3.05) is 6.54 Å². The lowest BCUT2D eigenvalue weighted by molar-refractivity contribution is -0.186. The van der Waals surface area contributed by atoms with E-state index in [1.54, 1.807) is 0 Å². The van der Waals surface area contributed by atoms with Crippen molar-refractivity contribution < 1.29 is 23.1 Å². The Kier molecular flexibility index (Phi) is 2.51. The molecule has 1 N–H and O–H groups in total. The fourth-order valence-electron chi connectivity index (χ4n) is 1.45. The lowest BCUT2D eigenvalue weighted by Crippen LogP contribution is -2.43. The van der Waals surface area contributed by atoms with Gasteiger partial charge in [0.25, 0.3) is 0 Å². The molecule has 3 nitrogen and oxygen atoms in total. The van der Waals surface area contributed by atoms with Crippen LogP contribution in [-0.2, 0) is 4.79 Å². The molecule has 0 aromatic heterocycles. The summed E-state index contributed by atoms with van der Waals surface area (Å²) in [7, 11) is 0. The Labute approximate surface area is 73.1 Å². The van der Waals surface area contributed by atoms with Gasteiger partial charge < -0.3 is 10.0 Å². The van der Waals surface area contributed by atoms with Gasteiger partial charge >= 0.3 is 12.1 Å². The molecule has 1 fully saturated rings. The number of nitrogens with zero attached hydrogens (tertiary/aromatic N) is 1. The highest BCUT2D eigenvalue weighted by atomic mass is 19.4. The predicted octanol–water partition coefficient (Wildman–Crippen LogP) is 0.530. The van der Waals surface area contributed by atoms with E-state index >= 15 is 0 Å². The zero-order valence-electron chi connectivity index (χ0n) is 7.01. The molecule has 0 radical (unpaired) electrons. The van der Waals surface area contributed by atoms with Gasteiger partial charge in [0, 0.05) is 12.6 Å². The topological polar surface area (TPSA) is 40.5 Å². The highest BCUT2D eigenvalue weighted by molar-refractivity contribution is 5.82. The van der Waals surface area contributed by atoms with Crippen LogP contribution in [0.5, 0.6) is 0 Å². The number of alkyl halides is 3. The molecule has 1 aliphatic rings. The van der Waals surface area contributed by atoms with E-state index in [0.717, 1.165) is 0 Å². The number of β-amino-alcohol motifs (C(OH)–C–C–N with tert-alkyl or cyclic N) is 1. The Bertz CT molecular complexity index is 216. The van der Waals surface area contributed by atoms with Gasteiger partial charge in [-0.2, -0.15) is 13.2 Å². The smallest absolute Gasteiger partial charge is 0.391 e. The van der Waals surface area contributed by atoms with E-state index in [1.807, 2.05) is 0 Å². The van der Waals surface area contributed by atoms with Crippen molar-refractivity contribution in [2.24, 2.45) is 0 Å². The van der Waals surface area contributed by atoms with Gasteiger partial charge in [0.15, 0.2) is 0 Å². The largest absolute Gasteiger partial charge is 0.471 e. The summed E-state index contributed by atoms with van der Waals surface area (Å²) in [4.78, 5) is 11.4. The van der Waals surface area contributed by atoms with E-state index in [0.29, 0.717) is 4.90 Å². The zero-order chi connectivity index (χ0) is 10.2. The normalized spacial score (nSPS) is 29.5. The number of aliphatic hydroxyl groups is 1. The maximum absolute atomic E-state index is 11.9. The van der Waals surface area contributed by atoms with Crippen molar-refractivity contribution in [1.82, 2.24) is 4.90 Å². The van der Waals surface area contributed by atoms with E-state index in [4.69, 9.17) is 5.11 Å². The summed E-state index contributed by atoms with van der Waals surface area (Å²) in [5.41, 5.74) is 0. The fraction of sp³-hybridized carbons (Fsp3) is 0.857. The minimum absolute atomic E-state index is 0.210. The lowest BCUT2D eigenvalue weighted by Gasteiger charge is -2.21. The number of amides is 1. The predicted molar refractivity (Wildman–Crippen MR) is 37.9 cm³/mol. The molecular formula is C7H10F3NO2. The van der Waals surface area contributed by atoms with E-state index in [-0.39, 0.29) is 13.0 Å². The quantitative estimate of drug-likeness (QED) is 0.615. The average molecular weight is 197 g/mol. The van der Waals surface area contributed by atoms with E-state index in [2.05, 4.69) is 0 Å². The summed E-state index contributed by atoms with van der Waals surface area (Å²) >= 11 is 0. The minimum atomic E-state index is -4.84. The van der Waals surface area contributed by atoms with Gasteiger partial charge in [-0.3, -0.25) is 4.79 Å². The van der Waals surface area contributed by atoms with Crippen molar-refractivity contribution in [1.29, 1.82) is 0 Å². The van der Waals surface area contributed by atoms with Crippen molar-refractivity contribution in [2.45, 2.75) is 31.7 Å². The molecule has 76 valence electrons. The van der Waals surface area contributed by atoms with Gasteiger partial charge in [0.05, 0.1) is 6.10 Å². The number of hydrogen-bond donors (Lipinski definition) is 1. The second-order valence-electron chi connectivity index (χ2n) is 3.19. The number of rotatable bonds is 0. The molecule has 0 spiro atoms. The van der Waals surface area contributed by atoms with Crippen LogP contribution in [0.2, 0.25) is 0 Å². The number of likely N-dealkylation sites (tertiary alicyclic amines) is 1. The van der Waals surface area contributed by atoms with E-state index < -0.39 is 24.2 Å². The Morgan fingerprint density at radius 1 is 1.54 bits per heavy atom. The molecule has 0 aromatic rings. The standard InChI is InChI=1S/C7H10F3NO2/c1-4-2-5(12)3-11(4)6(13)7(8,9)10/h4-5,12H,2-3H2,1H3. The first kappa shape index (κ1) is 10.3. The molecule has 1 aliphatic heterocycles. The fourth-order valence-corrected chi connectivity index (χ4v) is 1.45. The molecule has 1 heterocycles. The van der Waals surface area contributed by atoms with Crippen LogP contribution in [0.15, 0.2) is 0 Å². The highest BCUT2D eigenvalue weighted by Crippen LogP contribution is 2.25. The molecule has 2 unspecified atom stereocenters. The van der Waals surface area contributed by atoms with Gasteiger partial charge in [0.1, 0.15) is 0 Å². The third kappa shape index (κ3) is 2.12. The van der Waals surface area contributed by atoms with Crippen LogP contribution in [0.1, 0.15) is 13.3 Å². The molecule has 0 aliphatic carbocycles. The Morgan fingerprint density at radius 3 is 2.38 bits per heavy atom.